The third-order valence-corrected chi connectivity index (χ3v) is 4.29. The van der Waals surface area contributed by atoms with Gasteiger partial charge in [-0.3, -0.25) is 9.59 Å². The van der Waals surface area contributed by atoms with Crippen LogP contribution in [0.2, 0.25) is 0 Å². The number of amides is 1. The number of nitrogens with zero attached hydrogens (tertiary/aromatic N) is 2. The van der Waals surface area contributed by atoms with Gasteiger partial charge in [0.25, 0.3) is 5.91 Å². The number of aromatic nitrogens is 1. The van der Waals surface area contributed by atoms with Gasteiger partial charge in [-0.05, 0) is 31.0 Å². The summed E-state index contributed by atoms with van der Waals surface area (Å²) in [6.07, 6.45) is 2.30. The average Bonchev–Trinajstić information content (AvgIpc) is 2.92. The predicted octanol–water partition coefficient (Wildman–Crippen LogP) is 2.73. The summed E-state index contributed by atoms with van der Waals surface area (Å²) in [7, 11) is 1.34. The van der Waals surface area contributed by atoms with E-state index in [0.29, 0.717) is 29.7 Å². The Labute approximate surface area is 152 Å². The van der Waals surface area contributed by atoms with Crippen molar-refractivity contribution in [1.82, 2.24) is 4.57 Å². The van der Waals surface area contributed by atoms with E-state index in [1.807, 2.05) is 11.5 Å². The molecule has 2 rings (SSSR count). The number of carbonyl (C=O) groups is 2. The third kappa shape index (κ3) is 3.67. The molecule has 0 aliphatic carbocycles. The first-order valence-electron chi connectivity index (χ1n) is 8.14. The van der Waals surface area contributed by atoms with E-state index in [1.54, 1.807) is 30.3 Å². The largest absolute Gasteiger partial charge is 0.469 e. The van der Waals surface area contributed by atoms with Crippen LogP contribution < -0.4 is 5.73 Å². The average molecular weight is 351 g/mol. The topological polar surface area (TPSA) is 98.1 Å². The van der Waals surface area contributed by atoms with Gasteiger partial charge < -0.3 is 15.0 Å². The minimum atomic E-state index is -0.538. The van der Waals surface area contributed by atoms with Crippen molar-refractivity contribution in [1.29, 1.82) is 5.26 Å². The van der Waals surface area contributed by atoms with Gasteiger partial charge in [0.1, 0.15) is 0 Å². The summed E-state index contributed by atoms with van der Waals surface area (Å²) in [5.74, 6) is -0.871. The number of hydrogen-bond acceptors (Lipinski definition) is 4. The van der Waals surface area contributed by atoms with E-state index in [9.17, 15) is 9.59 Å². The van der Waals surface area contributed by atoms with Gasteiger partial charge in [0.15, 0.2) is 0 Å². The molecule has 1 aromatic heterocycles. The molecule has 0 aliphatic rings. The Morgan fingerprint density at radius 1 is 1.35 bits per heavy atom. The van der Waals surface area contributed by atoms with Crippen molar-refractivity contribution < 1.29 is 14.3 Å². The van der Waals surface area contributed by atoms with Gasteiger partial charge >= 0.3 is 5.97 Å². The minimum Gasteiger partial charge on any atom is -0.469 e. The van der Waals surface area contributed by atoms with Gasteiger partial charge in [-0.15, -0.1) is 6.58 Å². The summed E-state index contributed by atoms with van der Waals surface area (Å²) in [6.45, 7) is 6.07. The molecule has 0 unspecified atom stereocenters. The normalized spacial score (nSPS) is 10.2. The molecule has 0 radical (unpaired) electrons. The monoisotopic (exact) mass is 351 g/mol. The van der Waals surface area contributed by atoms with Crippen molar-refractivity contribution in [3.05, 3.63) is 59.4 Å². The first-order chi connectivity index (χ1) is 12.4. The zero-order valence-corrected chi connectivity index (χ0v) is 14.9. The van der Waals surface area contributed by atoms with E-state index in [0.717, 1.165) is 17.0 Å². The Kier molecular flexibility index (Phi) is 5.97. The quantitative estimate of drug-likeness (QED) is 0.612. The van der Waals surface area contributed by atoms with Crippen LogP contribution in [0.3, 0.4) is 0 Å². The van der Waals surface area contributed by atoms with Gasteiger partial charge in [0, 0.05) is 23.5 Å². The second-order valence-electron chi connectivity index (χ2n) is 5.81. The van der Waals surface area contributed by atoms with Crippen LogP contribution in [0.1, 0.15) is 33.7 Å². The number of nitriles is 1. The highest BCUT2D eigenvalue weighted by Crippen LogP contribution is 2.34. The third-order valence-electron chi connectivity index (χ3n) is 4.29. The van der Waals surface area contributed by atoms with E-state index in [4.69, 9.17) is 15.7 Å². The Morgan fingerprint density at radius 2 is 2.00 bits per heavy atom. The Hall–Kier alpha value is -3.33. The smallest absolute Gasteiger partial charge is 0.305 e. The van der Waals surface area contributed by atoms with Gasteiger partial charge in [-0.2, -0.15) is 5.26 Å². The molecular weight excluding hydrogens is 330 g/mol. The number of ether oxygens (including phenoxy) is 1. The summed E-state index contributed by atoms with van der Waals surface area (Å²) < 4.78 is 6.67. The summed E-state index contributed by atoms with van der Waals surface area (Å²) in [5, 5.41) is 9.00. The maximum atomic E-state index is 12.1. The van der Waals surface area contributed by atoms with E-state index >= 15 is 0 Å². The van der Waals surface area contributed by atoms with Crippen molar-refractivity contribution in [3.63, 3.8) is 0 Å². The van der Waals surface area contributed by atoms with Crippen LogP contribution in [-0.4, -0.2) is 23.6 Å². The van der Waals surface area contributed by atoms with Gasteiger partial charge in [0.05, 0.1) is 30.7 Å². The SMILES string of the molecule is C=CCn1c(C)c(C(N)=O)c(-c2ccc(C#N)cc2)c1CCC(=O)OC. The van der Waals surface area contributed by atoms with E-state index in [1.165, 1.54) is 7.11 Å². The molecule has 0 spiro atoms. The number of primary amides is 1. The molecule has 0 fully saturated rings. The lowest BCUT2D eigenvalue weighted by atomic mass is 9.97. The van der Waals surface area contributed by atoms with Crippen molar-refractivity contribution in [2.45, 2.75) is 26.3 Å². The zero-order chi connectivity index (χ0) is 19.3. The Balaban J connectivity index is 2.69. The number of nitrogens with two attached hydrogens (primary N) is 1. The van der Waals surface area contributed by atoms with E-state index in [2.05, 4.69) is 12.6 Å². The molecular formula is C20H21N3O3. The minimum absolute atomic E-state index is 0.179. The lowest BCUT2D eigenvalue weighted by Gasteiger charge is -2.11. The molecule has 0 bridgehead atoms. The lowest BCUT2D eigenvalue weighted by Crippen LogP contribution is -2.13. The van der Waals surface area contributed by atoms with Gasteiger partial charge in [-0.1, -0.05) is 18.2 Å². The number of methoxy groups -OCH3 is 1. The molecule has 6 nitrogen and oxygen atoms in total. The first-order valence-corrected chi connectivity index (χ1v) is 8.14. The van der Waals surface area contributed by atoms with Crippen LogP contribution in [-0.2, 0) is 22.5 Å². The summed E-state index contributed by atoms with van der Waals surface area (Å²) in [6, 6.07) is 9.00. The highest BCUT2D eigenvalue weighted by Gasteiger charge is 2.24. The van der Waals surface area contributed by atoms with Crippen LogP contribution in [0.25, 0.3) is 11.1 Å². The van der Waals surface area contributed by atoms with Gasteiger partial charge in [0.2, 0.25) is 0 Å². The summed E-state index contributed by atoms with van der Waals surface area (Å²) >= 11 is 0. The second kappa shape index (κ2) is 8.17. The summed E-state index contributed by atoms with van der Waals surface area (Å²) in [4.78, 5) is 23.8. The maximum absolute atomic E-state index is 12.1. The number of allylic oxidation sites excluding steroid dienone is 1. The zero-order valence-electron chi connectivity index (χ0n) is 14.9. The Bertz CT molecular complexity index is 887. The van der Waals surface area contributed by atoms with Crippen molar-refractivity contribution in [2.24, 2.45) is 5.73 Å². The molecule has 134 valence electrons. The molecule has 2 aromatic rings. The highest BCUT2D eigenvalue weighted by atomic mass is 16.5. The second-order valence-corrected chi connectivity index (χ2v) is 5.81. The molecule has 0 aliphatic heterocycles. The fourth-order valence-corrected chi connectivity index (χ4v) is 3.08. The number of carbonyl (C=O) groups excluding carboxylic acids is 2. The summed E-state index contributed by atoms with van der Waals surface area (Å²) in [5.41, 5.74) is 9.56. The number of benzene rings is 1. The van der Waals surface area contributed by atoms with Crippen LogP contribution in [0, 0.1) is 18.3 Å². The molecule has 1 aromatic carbocycles. The molecule has 2 N–H and O–H groups in total. The number of esters is 1. The first kappa shape index (κ1) is 19.0. The van der Waals surface area contributed by atoms with Crippen molar-refractivity contribution in [3.8, 4) is 17.2 Å². The maximum Gasteiger partial charge on any atom is 0.305 e. The molecule has 26 heavy (non-hydrogen) atoms. The molecule has 0 saturated heterocycles. The van der Waals surface area contributed by atoms with Crippen molar-refractivity contribution >= 4 is 11.9 Å². The van der Waals surface area contributed by atoms with E-state index in [-0.39, 0.29) is 12.4 Å². The molecule has 0 saturated carbocycles. The molecule has 6 heteroatoms. The van der Waals surface area contributed by atoms with Crippen molar-refractivity contribution in [2.75, 3.05) is 7.11 Å². The van der Waals surface area contributed by atoms with Gasteiger partial charge in [-0.25, -0.2) is 0 Å². The molecule has 1 heterocycles. The fraction of sp³-hybridized carbons (Fsp3) is 0.250. The van der Waals surface area contributed by atoms with E-state index < -0.39 is 5.91 Å². The number of rotatable bonds is 7. The predicted molar refractivity (Wildman–Crippen MR) is 98.4 cm³/mol. The fourth-order valence-electron chi connectivity index (χ4n) is 3.08. The number of hydrogen-bond donors (Lipinski definition) is 1. The highest BCUT2D eigenvalue weighted by molar-refractivity contribution is 6.02. The van der Waals surface area contributed by atoms with Crippen LogP contribution in [0.5, 0.6) is 0 Å². The van der Waals surface area contributed by atoms with Crippen LogP contribution >= 0.6 is 0 Å². The molecule has 0 atom stereocenters. The lowest BCUT2D eigenvalue weighted by molar-refractivity contribution is -0.140. The molecule has 1 amide bonds. The van der Waals surface area contributed by atoms with Crippen LogP contribution in [0.4, 0.5) is 0 Å². The Morgan fingerprint density at radius 3 is 2.50 bits per heavy atom. The standard InChI is InChI=1S/C20H21N3O3/c1-4-11-23-13(2)18(20(22)25)19(16(23)9-10-17(24)26-3)15-7-5-14(12-21)6-8-15/h4-8H,1,9-11H2,2-3H3,(H2,22,25). The van der Waals surface area contributed by atoms with Crippen LogP contribution in [0.15, 0.2) is 36.9 Å².